The molecule has 1 spiro atoms. The van der Waals surface area contributed by atoms with Crippen LogP contribution in [0.4, 0.5) is 0 Å². The van der Waals surface area contributed by atoms with Gasteiger partial charge in [-0.3, -0.25) is 0 Å². The van der Waals surface area contributed by atoms with E-state index < -0.39 is 0 Å². The minimum atomic E-state index is -0.171. The summed E-state index contributed by atoms with van der Waals surface area (Å²) >= 11 is 2.05. The number of hydrogen-bond acceptors (Lipinski definition) is 4. The van der Waals surface area contributed by atoms with Crippen molar-refractivity contribution in [2.24, 2.45) is 11.7 Å². The zero-order valence-electron chi connectivity index (χ0n) is 11.7. The quantitative estimate of drug-likeness (QED) is 0.854. The van der Waals surface area contributed by atoms with E-state index >= 15 is 0 Å². The van der Waals surface area contributed by atoms with Gasteiger partial charge in [-0.25, -0.2) is 0 Å². The maximum absolute atomic E-state index is 6.59. The van der Waals surface area contributed by atoms with Crippen LogP contribution in [0, 0.1) is 5.92 Å². The smallest absolute Gasteiger partial charge is 0.0701 e. The lowest BCUT2D eigenvalue weighted by atomic mass is 9.71. The summed E-state index contributed by atoms with van der Waals surface area (Å²) in [6.07, 6.45) is 5.59. The molecule has 0 bridgehead atoms. The van der Waals surface area contributed by atoms with Crippen LogP contribution in [-0.4, -0.2) is 43.0 Å². The average Bonchev–Trinajstić information content (AvgIpc) is 2.40. The van der Waals surface area contributed by atoms with E-state index in [4.69, 9.17) is 15.2 Å². The maximum atomic E-state index is 6.59. The molecule has 2 atom stereocenters. The fraction of sp³-hybridized carbons (Fsp3) is 1.00. The van der Waals surface area contributed by atoms with Gasteiger partial charge in [-0.1, -0.05) is 6.92 Å². The molecule has 2 fully saturated rings. The van der Waals surface area contributed by atoms with Gasteiger partial charge >= 0.3 is 0 Å². The van der Waals surface area contributed by atoms with Crippen LogP contribution in [0.2, 0.25) is 0 Å². The molecule has 2 aliphatic heterocycles. The Bertz CT molecular complexity index is 263. The van der Waals surface area contributed by atoms with Crippen molar-refractivity contribution in [2.45, 2.75) is 50.2 Å². The Morgan fingerprint density at radius 2 is 2.17 bits per heavy atom. The van der Waals surface area contributed by atoms with Gasteiger partial charge in [0.15, 0.2) is 0 Å². The number of ether oxygens (including phenoxy) is 2. The van der Waals surface area contributed by atoms with Crippen LogP contribution in [0.1, 0.15) is 39.0 Å². The molecule has 4 heteroatoms. The number of hydrogen-bond donors (Lipinski definition) is 1. The third-order valence-corrected chi connectivity index (χ3v) is 5.77. The molecular weight excluding hydrogens is 246 g/mol. The predicted octanol–water partition coefficient (Wildman–Crippen LogP) is 2.43. The van der Waals surface area contributed by atoms with E-state index in [1.807, 2.05) is 0 Å². The van der Waals surface area contributed by atoms with Gasteiger partial charge in [-0.2, -0.15) is 11.8 Å². The van der Waals surface area contributed by atoms with Gasteiger partial charge in [-0.15, -0.1) is 0 Å². The molecule has 0 saturated carbocycles. The van der Waals surface area contributed by atoms with E-state index in [0.717, 1.165) is 25.9 Å². The maximum Gasteiger partial charge on any atom is 0.0701 e. The van der Waals surface area contributed by atoms with E-state index in [-0.39, 0.29) is 11.1 Å². The first-order valence-electron chi connectivity index (χ1n) is 7.14. The van der Waals surface area contributed by atoms with Gasteiger partial charge in [0.05, 0.1) is 12.2 Å². The van der Waals surface area contributed by atoms with Crippen LogP contribution in [0.5, 0.6) is 0 Å². The minimum Gasteiger partial charge on any atom is -0.383 e. The summed E-state index contributed by atoms with van der Waals surface area (Å²) in [4.78, 5) is 0. The number of nitrogens with two attached hydrogens (primary N) is 1. The number of thioether (sulfide) groups is 1. The number of methoxy groups -OCH3 is 1. The number of rotatable bonds is 4. The van der Waals surface area contributed by atoms with Crippen LogP contribution in [0.15, 0.2) is 0 Å². The van der Waals surface area contributed by atoms with E-state index in [1.54, 1.807) is 7.11 Å². The Kier molecular flexibility index (Phi) is 4.98. The van der Waals surface area contributed by atoms with Gasteiger partial charge in [0, 0.05) is 19.3 Å². The third kappa shape index (κ3) is 3.03. The molecule has 0 aliphatic carbocycles. The van der Waals surface area contributed by atoms with Crippen LogP contribution in [-0.2, 0) is 9.47 Å². The molecule has 0 aromatic heterocycles. The molecule has 2 saturated heterocycles. The Balaban J connectivity index is 2.04. The summed E-state index contributed by atoms with van der Waals surface area (Å²) in [6, 6.07) is 0. The molecule has 3 nitrogen and oxygen atoms in total. The Morgan fingerprint density at radius 1 is 1.44 bits per heavy atom. The molecule has 2 aliphatic rings. The van der Waals surface area contributed by atoms with Gasteiger partial charge in [0.2, 0.25) is 0 Å². The SMILES string of the molecule is CCC(N)(COC)C1CCOC2(CCSCC2)C1. The zero-order valence-corrected chi connectivity index (χ0v) is 12.6. The molecule has 18 heavy (non-hydrogen) atoms. The Hall–Kier alpha value is 0.230. The van der Waals surface area contributed by atoms with Crippen molar-refractivity contribution < 1.29 is 9.47 Å². The topological polar surface area (TPSA) is 44.5 Å². The van der Waals surface area contributed by atoms with Crippen molar-refractivity contribution in [3.8, 4) is 0 Å². The lowest BCUT2D eigenvalue weighted by Gasteiger charge is -2.48. The van der Waals surface area contributed by atoms with Crippen LogP contribution >= 0.6 is 11.8 Å². The minimum absolute atomic E-state index is 0.127. The highest BCUT2D eigenvalue weighted by molar-refractivity contribution is 7.99. The largest absolute Gasteiger partial charge is 0.383 e. The first-order chi connectivity index (χ1) is 8.64. The summed E-state index contributed by atoms with van der Waals surface area (Å²) in [6.45, 7) is 3.72. The van der Waals surface area contributed by atoms with Crippen LogP contribution in [0.3, 0.4) is 0 Å². The molecule has 0 aromatic rings. The van der Waals surface area contributed by atoms with Crippen molar-refractivity contribution in [2.75, 3.05) is 31.8 Å². The lowest BCUT2D eigenvalue weighted by Crippen LogP contribution is -2.56. The van der Waals surface area contributed by atoms with E-state index in [2.05, 4.69) is 18.7 Å². The van der Waals surface area contributed by atoms with Crippen LogP contribution in [0.25, 0.3) is 0 Å². The van der Waals surface area contributed by atoms with E-state index in [0.29, 0.717) is 12.5 Å². The second-order valence-corrected chi connectivity index (χ2v) is 7.08. The highest BCUT2D eigenvalue weighted by atomic mass is 32.2. The standard InChI is InChI=1S/C14H27NO2S/c1-3-14(15,11-16-2)12-4-7-17-13(10-12)5-8-18-9-6-13/h12H,3-11,15H2,1-2H3. The monoisotopic (exact) mass is 273 g/mol. The fourth-order valence-corrected chi connectivity index (χ4v) is 4.62. The summed E-state index contributed by atoms with van der Waals surface area (Å²) in [5, 5.41) is 0. The molecular formula is C14H27NO2S. The molecule has 2 heterocycles. The van der Waals surface area contributed by atoms with Gasteiger partial charge in [0.1, 0.15) is 0 Å². The van der Waals surface area contributed by atoms with E-state index in [1.165, 1.54) is 24.3 Å². The molecule has 0 aromatic carbocycles. The van der Waals surface area contributed by atoms with Gasteiger partial charge < -0.3 is 15.2 Å². The second-order valence-electron chi connectivity index (χ2n) is 5.85. The van der Waals surface area contributed by atoms with Crippen LogP contribution < -0.4 is 5.73 Å². The first kappa shape index (κ1) is 14.6. The zero-order chi connectivity index (χ0) is 13.1. The fourth-order valence-electron chi connectivity index (χ4n) is 3.39. The third-order valence-electron chi connectivity index (χ3n) is 4.78. The van der Waals surface area contributed by atoms with E-state index in [9.17, 15) is 0 Å². The summed E-state index contributed by atoms with van der Waals surface area (Å²) in [5.41, 5.74) is 6.54. The van der Waals surface area contributed by atoms with Crippen molar-refractivity contribution in [3.63, 3.8) is 0 Å². The molecule has 106 valence electrons. The highest BCUT2D eigenvalue weighted by Crippen LogP contribution is 2.43. The normalized spacial score (nSPS) is 31.2. The first-order valence-corrected chi connectivity index (χ1v) is 8.29. The predicted molar refractivity (Wildman–Crippen MR) is 77.1 cm³/mol. The summed E-state index contributed by atoms with van der Waals surface area (Å²) in [7, 11) is 1.75. The Labute approximate surface area is 115 Å². The summed E-state index contributed by atoms with van der Waals surface area (Å²) < 4.78 is 11.5. The van der Waals surface area contributed by atoms with Crippen molar-refractivity contribution in [1.29, 1.82) is 0 Å². The van der Waals surface area contributed by atoms with Gasteiger partial charge in [0.25, 0.3) is 0 Å². The molecule has 2 rings (SSSR count). The highest BCUT2D eigenvalue weighted by Gasteiger charge is 2.44. The molecule has 2 unspecified atom stereocenters. The van der Waals surface area contributed by atoms with Crippen molar-refractivity contribution in [1.82, 2.24) is 0 Å². The average molecular weight is 273 g/mol. The lowest BCUT2D eigenvalue weighted by molar-refractivity contribution is -0.118. The summed E-state index contributed by atoms with van der Waals surface area (Å²) in [5.74, 6) is 3.01. The van der Waals surface area contributed by atoms with Crippen molar-refractivity contribution in [3.05, 3.63) is 0 Å². The molecule has 0 radical (unpaired) electrons. The molecule has 2 N–H and O–H groups in total. The Morgan fingerprint density at radius 3 is 2.78 bits per heavy atom. The van der Waals surface area contributed by atoms with Crippen molar-refractivity contribution >= 4 is 11.8 Å². The second kappa shape index (κ2) is 6.12. The van der Waals surface area contributed by atoms with Gasteiger partial charge in [-0.05, 0) is 49.5 Å². The molecule has 0 amide bonds.